The van der Waals surface area contributed by atoms with E-state index in [1.54, 1.807) is 6.20 Å². The van der Waals surface area contributed by atoms with E-state index in [1.165, 1.54) is 5.56 Å². The van der Waals surface area contributed by atoms with Crippen LogP contribution < -0.4 is 10.2 Å². The molecule has 0 atom stereocenters. The number of pyridine rings is 1. The van der Waals surface area contributed by atoms with E-state index in [4.69, 9.17) is 0 Å². The van der Waals surface area contributed by atoms with Crippen molar-refractivity contribution in [1.82, 2.24) is 10.3 Å². The molecule has 1 aliphatic heterocycles. The molecule has 0 amide bonds. The molecule has 0 saturated carbocycles. The van der Waals surface area contributed by atoms with Gasteiger partial charge in [0.25, 0.3) is 0 Å². The fraction of sp³-hybridized carbons (Fsp3) is 0.667. The van der Waals surface area contributed by atoms with Crippen molar-refractivity contribution in [3.63, 3.8) is 0 Å². The molecule has 1 aromatic heterocycles. The van der Waals surface area contributed by atoms with Crippen LogP contribution in [0.25, 0.3) is 0 Å². The van der Waals surface area contributed by atoms with Gasteiger partial charge >= 0.3 is 0 Å². The maximum absolute atomic E-state index is 11.7. The van der Waals surface area contributed by atoms with E-state index in [1.807, 2.05) is 12.3 Å². The minimum Gasteiger partial charge on any atom is -0.369 e. The number of anilines is 1. The second-order valence-electron chi connectivity index (χ2n) is 6.02. The van der Waals surface area contributed by atoms with E-state index in [0.29, 0.717) is 24.6 Å². The van der Waals surface area contributed by atoms with Gasteiger partial charge in [-0.1, -0.05) is 13.8 Å². The summed E-state index contributed by atoms with van der Waals surface area (Å²) >= 11 is 0. The lowest BCUT2D eigenvalue weighted by Gasteiger charge is -2.24. The van der Waals surface area contributed by atoms with Gasteiger partial charge in [0.05, 0.1) is 23.4 Å². The number of nitrogens with zero attached hydrogens (tertiary/aromatic N) is 2. The summed E-state index contributed by atoms with van der Waals surface area (Å²) in [5, 5.41) is 3.44. The molecule has 1 aromatic rings. The molecule has 0 unspecified atom stereocenters. The smallest absolute Gasteiger partial charge is 0.152 e. The first-order valence-corrected chi connectivity index (χ1v) is 9.39. The normalized spacial score (nSPS) is 18.7. The first kappa shape index (κ1) is 16.2. The van der Waals surface area contributed by atoms with Gasteiger partial charge < -0.3 is 10.2 Å². The van der Waals surface area contributed by atoms with Gasteiger partial charge in [-0.15, -0.1) is 0 Å². The van der Waals surface area contributed by atoms with Crippen LogP contribution in [0.5, 0.6) is 0 Å². The molecule has 0 spiro atoms. The van der Waals surface area contributed by atoms with E-state index in [9.17, 15) is 8.42 Å². The minimum absolute atomic E-state index is 0.237. The van der Waals surface area contributed by atoms with Crippen molar-refractivity contribution in [3.8, 4) is 0 Å². The molecule has 5 nitrogen and oxygen atoms in total. The molecular weight excluding hydrogens is 286 g/mol. The summed E-state index contributed by atoms with van der Waals surface area (Å²) in [6, 6.07) is 2.02. The van der Waals surface area contributed by atoms with Crippen LogP contribution in [0.4, 0.5) is 5.69 Å². The highest BCUT2D eigenvalue weighted by atomic mass is 32.2. The van der Waals surface area contributed by atoms with Gasteiger partial charge in [0.1, 0.15) is 0 Å². The summed E-state index contributed by atoms with van der Waals surface area (Å²) in [5.74, 6) is 1.14. The summed E-state index contributed by atoms with van der Waals surface area (Å²) in [6.07, 6.45) is 4.34. The Morgan fingerprint density at radius 3 is 2.90 bits per heavy atom. The van der Waals surface area contributed by atoms with E-state index >= 15 is 0 Å². The average molecular weight is 311 g/mol. The van der Waals surface area contributed by atoms with Gasteiger partial charge in [0.2, 0.25) is 0 Å². The van der Waals surface area contributed by atoms with Crippen LogP contribution >= 0.6 is 0 Å². The van der Waals surface area contributed by atoms with E-state index in [0.717, 1.165) is 25.3 Å². The maximum atomic E-state index is 11.7. The van der Waals surface area contributed by atoms with E-state index in [2.05, 4.69) is 29.0 Å². The molecule has 118 valence electrons. The van der Waals surface area contributed by atoms with Crippen molar-refractivity contribution in [1.29, 1.82) is 0 Å². The molecule has 0 bridgehead atoms. The van der Waals surface area contributed by atoms with Crippen LogP contribution in [0, 0.1) is 5.92 Å². The number of hydrogen-bond donors (Lipinski definition) is 1. The third kappa shape index (κ3) is 4.97. The Bertz CT molecular complexity index is 558. The Labute approximate surface area is 127 Å². The number of nitrogens with one attached hydrogen (secondary N) is 1. The lowest BCUT2D eigenvalue weighted by atomic mass is 10.1. The van der Waals surface area contributed by atoms with Crippen molar-refractivity contribution in [2.75, 3.05) is 36.0 Å². The quantitative estimate of drug-likeness (QED) is 0.892. The highest BCUT2D eigenvalue weighted by molar-refractivity contribution is 7.91. The van der Waals surface area contributed by atoms with Gasteiger partial charge in [-0.05, 0) is 30.5 Å². The third-order valence-electron chi connectivity index (χ3n) is 3.65. The molecule has 0 aliphatic carbocycles. The van der Waals surface area contributed by atoms with Gasteiger partial charge in [-0.25, -0.2) is 8.42 Å². The van der Waals surface area contributed by atoms with Gasteiger partial charge in [0, 0.05) is 25.8 Å². The molecule has 1 N–H and O–H groups in total. The summed E-state index contributed by atoms with van der Waals surface area (Å²) in [7, 11) is -2.88. The van der Waals surface area contributed by atoms with Crippen LogP contribution in [0.1, 0.15) is 25.8 Å². The monoisotopic (exact) mass is 311 g/mol. The lowest BCUT2D eigenvalue weighted by molar-refractivity contribution is 0.551. The topological polar surface area (TPSA) is 62.3 Å². The summed E-state index contributed by atoms with van der Waals surface area (Å²) < 4.78 is 23.4. The average Bonchev–Trinajstić information content (AvgIpc) is 2.60. The zero-order chi connectivity index (χ0) is 15.3. The Morgan fingerprint density at radius 1 is 1.33 bits per heavy atom. The van der Waals surface area contributed by atoms with Crippen LogP contribution in [0.2, 0.25) is 0 Å². The Hall–Kier alpha value is -1.14. The van der Waals surface area contributed by atoms with Crippen LogP contribution in [-0.4, -0.2) is 44.5 Å². The van der Waals surface area contributed by atoms with Crippen LogP contribution in [0.3, 0.4) is 0 Å². The minimum atomic E-state index is -2.88. The third-order valence-corrected chi connectivity index (χ3v) is 5.37. The molecule has 1 aliphatic rings. The zero-order valence-electron chi connectivity index (χ0n) is 12.9. The summed E-state index contributed by atoms with van der Waals surface area (Å²) in [6.45, 7) is 7.46. The van der Waals surface area contributed by atoms with Crippen LogP contribution in [0.15, 0.2) is 18.5 Å². The van der Waals surface area contributed by atoms with Gasteiger partial charge in [-0.2, -0.15) is 0 Å². The lowest BCUT2D eigenvalue weighted by Crippen LogP contribution is -2.29. The van der Waals surface area contributed by atoms with Crippen molar-refractivity contribution in [2.24, 2.45) is 5.92 Å². The fourth-order valence-corrected chi connectivity index (χ4v) is 3.80. The zero-order valence-corrected chi connectivity index (χ0v) is 13.7. The van der Waals surface area contributed by atoms with Crippen molar-refractivity contribution >= 4 is 15.5 Å². The molecule has 6 heteroatoms. The second-order valence-corrected chi connectivity index (χ2v) is 8.33. The Balaban J connectivity index is 2.08. The second kappa shape index (κ2) is 7.22. The number of hydrogen-bond acceptors (Lipinski definition) is 5. The first-order chi connectivity index (χ1) is 9.98. The molecule has 0 aromatic carbocycles. The van der Waals surface area contributed by atoms with Crippen molar-refractivity contribution < 1.29 is 8.42 Å². The Morgan fingerprint density at radius 2 is 2.14 bits per heavy atom. The number of sulfone groups is 1. The van der Waals surface area contributed by atoms with Crippen molar-refractivity contribution in [3.05, 3.63) is 24.0 Å². The molecule has 21 heavy (non-hydrogen) atoms. The Kier molecular flexibility index (Phi) is 5.58. The molecule has 1 saturated heterocycles. The molecular formula is C15H25N3O2S. The van der Waals surface area contributed by atoms with E-state index in [-0.39, 0.29) is 5.75 Å². The largest absolute Gasteiger partial charge is 0.369 e. The van der Waals surface area contributed by atoms with Gasteiger partial charge in [0.15, 0.2) is 9.84 Å². The first-order valence-electron chi connectivity index (χ1n) is 7.57. The maximum Gasteiger partial charge on any atom is 0.152 e. The fourth-order valence-electron chi connectivity index (χ4n) is 2.52. The van der Waals surface area contributed by atoms with Crippen LogP contribution in [-0.2, 0) is 16.4 Å². The van der Waals surface area contributed by atoms with Gasteiger partial charge in [-0.3, -0.25) is 4.98 Å². The highest BCUT2D eigenvalue weighted by Gasteiger charge is 2.20. The van der Waals surface area contributed by atoms with E-state index < -0.39 is 9.84 Å². The highest BCUT2D eigenvalue weighted by Crippen LogP contribution is 2.21. The predicted octanol–water partition coefficient (Wildman–Crippen LogP) is 1.45. The molecule has 1 fully saturated rings. The predicted molar refractivity (Wildman–Crippen MR) is 86.3 cm³/mol. The standard InChI is InChI=1S/C15H25N3O2S/c1-13(2)10-17-11-14-4-5-16-12-15(14)18-6-3-8-21(19,20)9-7-18/h4-5,12-13,17H,3,6-11H2,1-2H3. The SMILES string of the molecule is CC(C)CNCc1ccncc1N1CCCS(=O)(=O)CC1. The molecule has 2 rings (SSSR count). The summed E-state index contributed by atoms with van der Waals surface area (Å²) in [4.78, 5) is 6.37. The molecule has 2 heterocycles. The summed E-state index contributed by atoms with van der Waals surface area (Å²) in [5.41, 5.74) is 2.25. The van der Waals surface area contributed by atoms with Crippen molar-refractivity contribution in [2.45, 2.75) is 26.8 Å². The number of aromatic nitrogens is 1. The number of rotatable bonds is 5. The molecule has 0 radical (unpaired) electrons.